The third kappa shape index (κ3) is 6.61. The largest absolute Gasteiger partial charge is 0.465 e. The number of hydrogen-bond donors (Lipinski definition) is 2. The molecule has 2 N–H and O–H groups in total. The van der Waals surface area contributed by atoms with E-state index in [1.807, 2.05) is 6.92 Å². The second-order valence-corrected chi connectivity index (χ2v) is 7.47. The summed E-state index contributed by atoms with van der Waals surface area (Å²) in [6.45, 7) is 5.62. The fraction of sp³-hybridized carbons (Fsp3) is 0.381. The van der Waals surface area contributed by atoms with Crippen molar-refractivity contribution in [3.05, 3.63) is 45.5 Å². The van der Waals surface area contributed by atoms with Crippen molar-refractivity contribution in [2.75, 3.05) is 25.6 Å². The van der Waals surface area contributed by atoms with Crippen molar-refractivity contribution >= 4 is 40.2 Å². The summed E-state index contributed by atoms with van der Waals surface area (Å²) < 4.78 is 9.67. The Hall–Kier alpha value is -3.27. The van der Waals surface area contributed by atoms with Crippen LogP contribution in [0, 0.1) is 6.92 Å². The van der Waals surface area contributed by atoms with Gasteiger partial charge in [0.15, 0.2) is 5.13 Å². The topological polar surface area (TPSA) is 124 Å². The number of carbonyl (C=O) groups is 4. The molecular formula is C21H25N3O6S. The first kappa shape index (κ1) is 24.0. The maximum atomic E-state index is 12.4. The van der Waals surface area contributed by atoms with Crippen LogP contribution in [0.15, 0.2) is 18.2 Å². The van der Waals surface area contributed by atoms with E-state index in [1.165, 1.54) is 13.2 Å². The van der Waals surface area contributed by atoms with Crippen LogP contribution in [0.25, 0.3) is 0 Å². The second kappa shape index (κ2) is 11.2. The van der Waals surface area contributed by atoms with Gasteiger partial charge in [-0.25, -0.2) is 14.6 Å². The van der Waals surface area contributed by atoms with Crippen LogP contribution in [0.5, 0.6) is 0 Å². The highest BCUT2D eigenvalue weighted by Crippen LogP contribution is 2.23. The Morgan fingerprint density at radius 3 is 2.42 bits per heavy atom. The molecule has 0 saturated heterocycles. The van der Waals surface area contributed by atoms with E-state index in [4.69, 9.17) is 9.47 Å². The zero-order valence-corrected chi connectivity index (χ0v) is 18.7. The van der Waals surface area contributed by atoms with Gasteiger partial charge in [-0.05, 0) is 44.0 Å². The van der Waals surface area contributed by atoms with Crippen LogP contribution in [0.4, 0.5) is 5.13 Å². The van der Waals surface area contributed by atoms with Gasteiger partial charge in [0.25, 0.3) is 5.91 Å². The second-order valence-electron chi connectivity index (χ2n) is 6.47. The zero-order chi connectivity index (χ0) is 23.0. The van der Waals surface area contributed by atoms with Gasteiger partial charge in [-0.2, -0.15) is 0 Å². The summed E-state index contributed by atoms with van der Waals surface area (Å²) >= 11 is 1.03. The van der Waals surface area contributed by atoms with Gasteiger partial charge in [0, 0.05) is 18.5 Å². The lowest BCUT2D eigenvalue weighted by Gasteiger charge is -2.09. The molecule has 0 saturated carbocycles. The predicted octanol–water partition coefficient (Wildman–Crippen LogP) is 2.74. The predicted molar refractivity (Wildman–Crippen MR) is 116 cm³/mol. The van der Waals surface area contributed by atoms with E-state index >= 15 is 0 Å². The molecule has 0 spiro atoms. The smallest absolute Gasteiger partial charge is 0.350 e. The third-order valence-electron chi connectivity index (χ3n) is 4.23. The monoisotopic (exact) mass is 447 g/mol. The van der Waals surface area contributed by atoms with Crippen molar-refractivity contribution in [1.82, 2.24) is 10.3 Å². The fourth-order valence-corrected chi connectivity index (χ4v) is 3.55. The average molecular weight is 448 g/mol. The van der Waals surface area contributed by atoms with E-state index in [2.05, 4.69) is 15.6 Å². The normalized spacial score (nSPS) is 10.3. The van der Waals surface area contributed by atoms with Gasteiger partial charge in [0.1, 0.15) is 4.88 Å². The highest BCUT2D eigenvalue weighted by Gasteiger charge is 2.18. The molecule has 0 radical (unpaired) electrons. The van der Waals surface area contributed by atoms with Crippen LogP contribution in [0.2, 0.25) is 0 Å². The van der Waals surface area contributed by atoms with Crippen LogP contribution in [-0.4, -0.2) is 49.0 Å². The van der Waals surface area contributed by atoms with Gasteiger partial charge in [0.05, 0.1) is 25.0 Å². The molecule has 2 amide bonds. The molecule has 31 heavy (non-hydrogen) atoms. The maximum absolute atomic E-state index is 12.4. The lowest BCUT2D eigenvalue weighted by molar-refractivity contribution is -0.116. The highest BCUT2D eigenvalue weighted by atomic mass is 32.1. The molecule has 0 aliphatic rings. The standard InChI is InChI=1S/C21H25N3O6S/c1-5-13-9-14(11-15(10-13)19(27)29-4)18(26)22-8-7-16(25)24-21-23-12(3)17(31-21)20(28)30-6-2/h9-11H,5-8H2,1-4H3,(H,22,26)(H,23,24,25). The number of ether oxygens (including phenoxy) is 2. The molecule has 0 aliphatic heterocycles. The van der Waals surface area contributed by atoms with Crippen LogP contribution < -0.4 is 10.6 Å². The van der Waals surface area contributed by atoms with Gasteiger partial charge in [0.2, 0.25) is 5.91 Å². The highest BCUT2D eigenvalue weighted by molar-refractivity contribution is 7.17. The first-order chi connectivity index (χ1) is 14.8. The summed E-state index contributed by atoms with van der Waals surface area (Å²) in [7, 11) is 1.28. The summed E-state index contributed by atoms with van der Waals surface area (Å²) in [5.41, 5.74) is 1.91. The SMILES string of the molecule is CCOC(=O)c1sc(NC(=O)CCNC(=O)c2cc(CC)cc(C(=O)OC)c2)nc1C. The molecule has 1 aromatic heterocycles. The van der Waals surface area contributed by atoms with Gasteiger partial charge >= 0.3 is 11.9 Å². The Balaban J connectivity index is 1.93. The number of thiazole rings is 1. The van der Waals surface area contributed by atoms with Gasteiger partial charge < -0.3 is 20.1 Å². The van der Waals surface area contributed by atoms with Crippen molar-refractivity contribution < 1.29 is 28.7 Å². The van der Waals surface area contributed by atoms with Crippen LogP contribution in [-0.2, 0) is 20.7 Å². The third-order valence-corrected chi connectivity index (χ3v) is 5.28. The van der Waals surface area contributed by atoms with E-state index in [-0.39, 0.29) is 30.6 Å². The molecule has 1 aromatic carbocycles. The number of aromatic nitrogens is 1. The molecule has 10 heteroatoms. The Morgan fingerprint density at radius 2 is 1.77 bits per heavy atom. The van der Waals surface area contributed by atoms with E-state index in [0.717, 1.165) is 16.9 Å². The fourth-order valence-electron chi connectivity index (χ4n) is 2.67. The number of methoxy groups -OCH3 is 1. The van der Waals surface area contributed by atoms with Crippen LogP contribution in [0.1, 0.15) is 61.9 Å². The summed E-state index contributed by atoms with van der Waals surface area (Å²) in [6.07, 6.45) is 0.658. The summed E-state index contributed by atoms with van der Waals surface area (Å²) in [5, 5.41) is 5.56. The number of hydrogen-bond acceptors (Lipinski definition) is 8. The Morgan fingerprint density at radius 1 is 1.06 bits per heavy atom. The van der Waals surface area contributed by atoms with Crippen molar-refractivity contribution in [3.63, 3.8) is 0 Å². The number of esters is 2. The minimum atomic E-state index is -0.523. The lowest BCUT2D eigenvalue weighted by atomic mass is 10.0. The number of rotatable bonds is 9. The van der Waals surface area contributed by atoms with Crippen molar-refractivity contribution in [2.45, 2.75) is 33.6 Å². The van der Waals surface area contributed by atoms with Crippen LogP contribution >= 0.6 is 11.3 Å². The van der Waals surface area contributed by atoms with Crippen LogP contribution in [0.3, 0.4) is 0 Å². The zero-order valence-electron chi connectivity index (χ0n) is 17.9. The number of benzene rings is 1. The summed E-state index contributed by atoms with van der Waals surface area (Å²) in [5.74, 6) is -1.76. The number of carbonyl (C=O) groups excluding carboxylic acids is 4. The number of aryl methyl sites for hydroxylation is 2. The van der Waals surface area contributed by atoms with E-state index in [0.29, 0.717) is 28.1 Å². The Labute approximate surface area is 184 Å². The van der Waals surface area contributed by atoms with E-state index in [9.17, 15) is 19.2 Å². The first-order valence-corrected chi connectivity index (χ1v) is 10.6. The van der Waals surface area contributed by atoms with E-state index < -0.39 is 17.8 Å². The van der Waals surface area contributed by atoms with Gasteiger partial charge in [-0.15, -0.1) is 0 Å². The van der Waals surface area contributed by atoms with Gasteiger partial charge in [-0.3, -0.25) is 9.59 Å². The average Bonchev–Trinajstić information content (AvgIpc) is 3.12. The van der Waals surface area contributed by atoms with E-state index in [1.54, 1.807) is 26.0 Å². The number of amides is 2. The maximum Gasteiger partial charge on any atom is 0.350 e. The summed E-state index contributed by atoms with van der Waals surface area (Å²) in [4.78, 5) is 52.7. The molecule has 166 valence electrons. The minimum absolute atomic E-state index is 0.0104. The summed E-state index contributed by atoms with van der Waals surface area (Å²) in [6, 6.07) is 4.82. The molecule has 0 bridgehead atoms. The van der Waals surface area contributed by atoms with Crippen molar-refractivity contribution in [2.24, 2.45) is 0 Å². The molecule has 0 atom stereocenters. The minimum Gasteiger partial charge on any atom is -0.465 e. The molecule has 0 fully saturated rings. The lowest BCUT2D eigenvalue weighted by Crippen LogP contribution is -2.28. The molecular weight excluding hydrogens is 422 g/mol. The number of nitrogens with zero attached hydrogens (tertiary/aromatic N) is 1. The van der Waals surface area contributed by atoms with Crippen molar-refractivity contribution in [3.8, 4) is 0 Å². The molecule has 1 heterocycles. The molecule has 2 aromatic rings. The van der Waals surface area contributed by atoms with Gasteiger partial charge in [-0.1, -0.05) is 18.3 Å². The molecule has 2 rings (SSSR count). The Kier molecular flexibility index (Phi) is 8.68. The number of nitrogens with one attached hydrogen (secondary N) is 2. The quantitative estimate of drug-likeness (QED) is 0.567. The molecule has 0 unspecified atom stereocenters. The first-order valence-electron chi connectivity index (χ1n) is 9.73. The Bertz CT molecular complexity index is 985. The molecule has 0 aliphatic carbocycles. The van der Waals surface area contributed by atoms with Crippen molar-refractivity contribution in [1.29, 1.82) is 0 Å². The number of anilines is 1. The molecule has 9 nitrogen and oxygen atoms in total.